The molecule has 0 amide bonds. The van der Waals surface area contributed by atoms with Gasteiger partial charge in [0.1, 0.15) is 4.34 Å². The van der Waals surface area contributed by atoms with E-state index in [1.165, 1.54) is 11.3 Å². The molecular formula is C4H6ClN3S. The summed E-state index contributed by atoms with van der Waals surface area (Å²) in [4.78, 5) is 3.87. The molecule has 0 spiro atoms. The van der Waals surface area contributed by atoms with Gasteiger partial charge in [0, 0.05) is 6.54 Å². The molecule has 0 aromatic carbocycles. The molecule has 9 heavy (non-hydrogen) atoms. The van der Waals surface area contributed by atoms with Gasteiger partial charge < -0.3 is 11.5 Å². The Kier molecular flexibility index (Phi) is 1.90. The quantitative estimate of drug-likeness (QED) is 0.645. The molecule has 1 aromatic rings. The van der Waals surface area contributed by atoms with Crippen molar-refractivity contribution >= 4 is 28.1 Å². The fraction of sp³-hybridized carbons (Fsp3) is 0.250. The molecule has 1 aromatic heterocycles. The van der Waals surface area contributed by atoms with Gasteiger partial charge in [-0.25, -0.2) is 4.98 Å². The van der Waals surface area contributed by atoms with E-state index < -0.39 is 0 Å². The zero-order chi connectivity index (χ0) is 6.85. The van der Waals surface area contributed by atoms with Gasteiger partial charge in [0.05, 0.1) is 5.69 Å². The van der Waals surface area contributed by atoms with Crippen LogP contribution in [0.15, 0.2) is 0 Å². The average Bonchev–Trinajstić information content (AvgIpc) is 2.10. The van der Waals surface area contributed by atoms with Gasteiger partial charge in [-0.1, -0.05) is 22.9 Å². The lowest BCUT2D eigenvalue weighted by Gasteiger charge is -1.84. The minimum absolute atomic E-state index is 0.354. The topological polar surface area (TPSA) is 64.9 Å². The SMILES string of the molecule is NCc1nc(N)sc1Cl. The van der Waals surface area contributed by atoms with Crippen LogP contribution in [0.25, 0.3) is 0 Å². The van der Waals surface area contributed by atoms with Crippen LogP contribution in [0, 0.1) is 0 Å². The summed E-state index contributed by atoms with van der Waals surface area (Å²) in [7, 11) is 0. The number of anilines is 1. The van der Waals surface area contributed by atoms with E-state index in [2.05, 4.69) is 4.98 Å². The first kappa shape index (κ1) is 6.80. The second-order valence-electron chi connectivity index (χ2n) is 1.48. The summed E-state index contributed by atoms with van der Waals surface area (Å²) in [5.41, 5.74) is 11.3. The maximum absolute atomic E-state index is 5.64. The molecule has 0 aliphatic heterocycles. The maximum Gasteiger partial charge on any atom is 0.181 e. The van der Waals surface area contributed by atoms with Gasteiger partial charge in [-0.05, 0) is 0 Å². The first-order chi connectivity index (χ1) is 4.24. The number of nitrogen functional groups attached to an aromatic ring is 1. The zero-order valence-electron chi connectivity index (χ0n) is 4.60. The van der Waals surface area contributed by atoms with E-state index in [4.69, 9.17) is 23.1 Å². The third kappa shape index (κ3) is 1.32. The maximum atomic E-state index is 5.64. The predicted molar refractivity (Wildman–Crippen MR) is 39.4 cm³/mol. The summed E-state index contributed by atoms with van der Waals surface area (Å²) in [5.74, 6) is 0. The Morgan fingerprint density at radius 3 is 2.56 bits per heavy atom. The molecule has 0 aliphatic carbocycles. The summed E-state index contributed by atoms with van der Waals surface area (Å²) in [6.45, 7) is 0.354. The van der Waals surface area contributed by atoms with E-state index in [0.29, 0.717) is 21.7 Å². The van der Waals surface area contributed by atoms with Crippen LogP contribution in [-0.2, 0) is 6.54 Å². The number of nitrogens with zero attached hydrogens (tertiary/aromatic N) is 1. The predicted octanol–water partition coefficient (Wildman–Crippen LogP) is 0.837. The van der Waals surface area contributed by atoms with Crippen LogP contribution in [-0.4, -0.2) is 4.98 Å². The number of hydrogen-bond acceptors (Lipinski definition) is 4. The number of halogens is 1. The largest absolute Gasteiger partial charge is 0.375 e. The van der Waals surface area contributed by atoms with Crippen molar-refractivity contribution in [3.8, 4) is 0 Å². The standard InChI is InChI=1S/C4H6ClN3S/c5-3-2(1-6)8-4(7)9-3/h1,6H2,(H2,7,8). The molecule has 0 unspecified atom stereocenters. The number of nitrogens with two attached hydrogens (primary N) is 2. The van der Waals surface area contributed by atoms with Crippen molar-refractivity contribution in [3.63, 3.8) is 0 Å². The third-order valence-electron chi connectivity index (χ3n) is 0.860. The lowest BCUT2D eigenvalue weighted by molar-refractivity contribution is 1.01. The lowest BCUT2D eigenvalue weighted by Crippen LogP contribution is -1.97. The van der Waals surface area contributed by atoms with Crippen LogP contribution in [0.2, 0.25) is 4.34 Å². The van der Waals surface area contributed by atoms with E-state index in [0.717, 1.165) is 0 Å². The average molecular weight is 164 g/mol. The summed E-state index contributed by atoms with van der Waals surface area (Å²) < 4.78 is 0.593. The van der Waals surface area contributed by atoms with Crippen LogP contribution in [0.3, 0.4) is 0 Å². The number of aromatic nitrogens is 1. The van der Waals surface area contributed by atoms with Crippen molar-refractivity contribution in [2.75, 3.05) is 5.73 Å². The van der Waals surface area contributed by atoms with Crippen molar-refractivity contribution in [3.05, 3.63) is 10.0 Å². The van der Waals surface area contributed by atoms with Crippen LogP contribution < -0.4 is 11.5 Å². The van der Waals surface area contributed by atoms with E-state index in [9.17, 15) is 0 Å². The third-order valence-corrected chi connectivity index (χ3v) is 2.02. The van der Waals surface area contributed by atoms with E-state index in [1.807, 2.05) is 0 Å². The molecule has 0 fully saturated rings. The fourth-order valence-electron chi connectivity index (χ4n) is 0.476. The monoisotopic (exact) mass is 163 g/mol. The van der Waals surface area contributed by atoms with Gasteiger partial charge in [0.25, 0.3) is 0 Å². The minimum Gasteiger partial charge on any atom is -0.375 e. The highest BCUT2D eigenvalue weighted by atomic mass is 35.5. The fourth-order valence-corrected chi connectivity index (χ4v) is 1.42. The minimum atomic E-state index is 0.354. The van der Waals surface area contributed by atoms with Crippen molar-refractivity contribution in [1.29, 1.82) is 0 Å². The molecular weight excluding hydrogens is 158 g/mol. The molecule has 1 rings (SSSR count). The molecule has 0 saturated carbocycles. The van der Waals surface area contributed by atoms with Crippen LogP contribution in [0.4, 0.5) is 5.13 Å². The first-order valence-electron chi connectivity index (χ1n) is 2.34. The molecule has 1 heterocycles. The van der Waals surface area contributed by atoms with Crippen molar-refractivity contribution < 1.29 is 0 Å². The van der Waals surface area contributed by atoms with E-state index in [1.54, 1.807) is 0 Å². The molecule has 0 aliphatic rings. The Labute approximate surface area is 61.6 Å². The van der Waals surface area contributed by atoms with Gasteiger partial charge in [0.15, 0.2) is 5.13 Å². The Hall–Kier alpha value is -0.320. The smallest absolute Gasteiger partial charge is 0.181 e. The van der Waals surface area contributed by atoms with E-state index in [-0.39, 0.29) is 0 Å². The lowest BCUT2D eigenvalue weighted by atomic mass is 10.5. The van der Waals surface area contributed by atoms with E-state index >= 15 is 0 Å². The highest BCUT2D eigenvalue weighted by Crippen LogP contribution is 2.24. The summed E-state index contributed by atoms with van der Waals surface area (Å²) in [5, 5.41) is 0.473. The summed E-state index contributed by atoms with van der Waals surface area (Å²) in [6, 6.07) is 0. The van der Waals surface area contributed by atoms with Crippen LogP contribution >= 0.6 is 22.9 Å². The second-order valence-corrected chi connectivity index (χ2v) is 3.11. The van der Waals surface area contributed by atoms with Crippen molar-refractivity contribution in [2.24, 2.45) is 5.73 Å². The van der Waals surface area contributed by atoms with Crippen molar-refractivity contribution in [1.82, 2.24) is 4.98 Å². The molecule has 0 bridgehead atoms. The Morgan fingerprint density at radius 1 is 1.67 bits per heavy atom. The molecule has 50 valence electrons. The van der Waals surface area contributed by atoms with Gasteiger partial charge in [0.2, 0.25) is 0 Å². The highest BCUT2D eigenvalue weighted by Gasteiger charge is 2.03. The van der Waals surface area contributed by atoms with Gasteiger partial charge in [-0.15, -0.1) is 0 Å². The Bertz CT molecular complexity index is 210. The molecule has 0 radical (unpaired) electrons. The summed E-state index contributed by atoms with van der Waals surface area (Å²) in [6.07, 6.45) is 0. The number of hydrogen-bond donors (Lipinski definition) is 2. The molecule has 4 N–H and O–H groups in total. The summed E-state index contributed by atoms with van der Waals surface area (Å²) >= 11 is 6.89. The Balaban J connectivity index is 3.01. The highest BCUT2D eigenvalue weighted by molar-refractivity contribution is 7.19. The molecule has 0 saturated heterocycles. The Morgan fingerprint density at radius 2 is 2.33 bits per heavy atom. The van der Waals surface area contributed by atoms with Gasteiger partial charge in [-0.2, -0.15) is 0 Å². The van der Waals surface area contributed by atoms with Crippen LogP contribution in [0.1, 0.15) is 5.69 Å². The van der Waals surface area contributed by atoms with Crippen LogP contribution in [0.5, 0.6) is 0 Å². The van der Waals surface area contributed by atoms with Gasteiger partial charge >= 0.3 is 0 Å². The molecule has 0 atom stereocenters. The number of rotatable bonds is 1. The molecule has 5 heteroatoms. The zero-order valence-corrected chi connectivity index (χ0v) is 6.17. The van der Waals surface area contributed by atoms with Gasteiger partial charge in [-0.3, -0.25) is 0 Å². The second kappa shape index (κ2) is 2.51. The molecule has 3 nitrogen and oxygen atoms in total. The number of thiazole rings is 1. The van der Waals surface area contributed by atoms with Crippen molar-refractivity contribution in [2.45, 2.75) is 6.54 Å². The first-order valence-corrected chi connectivity index (χ1v) is 3.54. The normalized spacial score (nSPS) is 10.0.